The number of H-pyrrole nitrogens is 1. The first kappa shape index (κ1) is 21.1. The molecule has 1 unspecified atom stereocenters. The van der Waals surface area contributed by atoms with Crippen LogP contribution in [0.1, 0.15) is 28.0 Å². The summed E-state index contributed by atoms with van der Waals surface area (Å²) in [6.07, 6.45) is 1.85. The van der Waals surface area contributed by atoms with Gasteiger partial charge in [0.05, 0.1) is 5.75 Å². The lowest BCUT2D eigenvalue weighted by molar-refractivity contribution is -0.134. The second-order valence-electron chi connectivity index (χ2n) is 7.95. The summed E-state index contributed by atoms with van der Waals surface area (Å²) >= 11 is 0. The van der Waals surface area contributed by atoms with Crippen molar-refractivity contribution >= 4 is 32.6 Å². The molecule has 31 heavy (non-hydrogen) atoms. The Morgan fingerprint density at radius 2 is 1.81 bits per heavy atom. The number of hydrogen-bond acceptors (Lipinski definition) is 4. The quantitative estimate of drug-likeness (QED) is 0.616. The van der Waals surface area contributed by atoms with Gasteiger partial charge in [-0.3, -0.25) is 9.59 Å². The zero-order chi connectivity index (χ0) is 22.0. The van der Waals surface area contributed by atoms with Gasteiger partial charge in [0.2, 0.25) is 5.91 Å². The van der Waals surface area contributed by atoms with Crippen LogP contribution in [0.3, 0.4) is 0 Å². The largest absolute Gasteiger partial charge is 0.358 e. The monoisotopic (exact) mass is 439 g/mol. The molecule has 2 amide bonds. The van der Waals surface area contributed by atoms with Gasteiger partial charge in [-0.05, 0) is 24.6 Å². The Labute approximate surface area is 181 Å². The number of carbonyl (C=O) groups is 2. The van der Waals surface area contributed by atoms with Crippen molar-refractivity contribution in [3.05, 3.63) is 71.4 Å². The van der Waals surface area contributed by atoms with Crippen LogP contribution in [0.25, 0.3) is 10.9 Å². The SMILES string of the molecule is CS(=O)(=O)CCC(NC(=O)c1ccccc1)C(=O)N1CCc2[nH]c3ccccc3c2C1. The van der Waals surface area contributed by atoms with Crippen LogP contribution in [0.5, 0.6) is 0 Å². The molecule has 0 saturated carbocycles. The number of carbonyl (C=O) groups excluding carboxylic acids is 2. The summed E-state index contributed by atoms with van der Waals surface area (Å²) in [5.74, 6) is -0.828. The molecular formula is C23H25N3O4S. The van der Waals surface area contributed by atoms with Gasteiger partial charge < -0.3 is 15.2 Å². The maximum atomic E-state index is 13.4. The summed E-state index contributed by atoms with van der Waals surface area (Å²) in [5.41, 5.74) is 3.66. The smallest absolute Gasteiger partial charge is 0.251 e. The standard InChI is InChI=1S/C23H25N3O4S/c1-31(29,30)14-12-21(25-22(27)16-7-3-2-4-8-16)23(28)26-13-11-20-18(15-26)17-9-5-6-10-19(17)24-20/h2-10,21,24H,11-15H2,1H3,(H,25,27). The molecule has 0 aliphatic carbocycles. The molecule has 1 atom stereocenters. The molecule has 0 saturated heterocycles. The zero-order valence-electron chi connectivity index (χ0n) is 17.3. The summed E-state index contributed by atoms with van der Waals surface area (Å²) in [5, 5.41) is 3.84. The molecule has 3 aromatic rings. The number of nitrogens with one attached hydrogen (secondary N) is 2. The maximum Gasteiger partial charge on any atom is 0.251 e. The van der Waals surface area contributed by atoms with E-state index in [0.29, 0.717) is 25.1 Å². The number of amides is 2. The van der Waals surface area contributed by atoms with Crippen LogP contribution >= 0.6 is 0 Å². The summed E-state index contributed by atoms with van der Waals surface area (Å²) in [7, 11) is -3.28. The lowest BCUT2D eigenvalue weighted by atomic mass is 10.0. The Morgan fingerprint density at radius 1 is 1.10 bits per heavy atom. The Morgan fingerprint density at radius 3 is 2.55 bits per heavy atom. The van der Waals surface area contributed by atoms with Gasteiger partial charge >= 0.3 is 0 Å². The van der Waals surface area contributed by atoms with E-state index in [0.717, 1.165) is 28.4 Å². The average molecular weight is 440 g/mol. The zero-order valence-corrected chi connectivity index (χ0v) is 18.1. The average Bonchev–Trinajstić information content (AvgIpc) is 3.14. The number of hydrogen-bond donors (Lipinski definition) is 2. The van der Waals surface area contributed by atoms with Gasteiger partial charge in [-0.25, -0.2) is 8.42 Å². The van der Waals surface area contributed by atoms with Crippen molar-refractivity contribution in [2.45, 2.75) is 25.4 Å². The lowest BCUT2D eigenvalue weighted by Gasteiger charge is -2.31. The molecule has 0 bridgehead atoms. The van der Waals surface area contributed by atoms with Crippen molar-refractivity contribution < 1.29 is 18.0 Å². The normalized spacial score (nSPS) is 14.8. The van der Waals surface area contributed by atoms with E-state index in [-0.39, 0.29) is 18.1 Å². The van der Waals surface area contributed by atoms with E-state index >= 15 is 0 Å². The Hall–Kier alpha value is -3.13. The molecular weight excluding hydrogens is 414 g/mol. The Bertz CT molecular complexity index is 1220. The summed E-state index contributed by atoms with van der Waals surface area (Å²) in [6, 6.07) is 15.7. The number of benzene rings is 2. The van der Waals surface area contributed by atoms with Gasteiger partial charge in [0, 0.05) is 53.5 Å². The van der Waals surface area contributed by atoms with E-state index < -0.39 is 21.8 Å². The molecule has 7 nitrogen and oxygen atoms in total. The van der Waals surface area contributed by atoms with Crippen LogP contribution in [0.4, 0.5) is 0 Å². The molecule has 1 aromatic heterocycles. The summed E-state index contributed by atoms with van der Waals surface area (Å²) in [4.78, 5) is 31.1. The number of nitrogens with zero attached hydrogens (tertiary/aromatic N) is 1. The molecule has 0 radical (unpaired) electrons. The minimum absolute atomic E-state index is 0.0352. The fraction of sp³-hybridized carbons (Fsp3) is 0.304. The minimum Gasteiger partial charge on any atom is -0.358 e. The fourth-order valence-electron chi connectivity index (χ4n) is 4.00. The van der Waals surface area contributed by atoms with Crippen LogP contribution in [0.2, 0.25) is 0 Å². The van der Waals surface area contributed by atoms with Crippen LogP contribution in [0, 0.1) is 0 Å². The molecule has 162 valence electrons. The van der Waals surface area contributed by atoms with Gasteiger partial charge in [0.15, 0.2) is 0 Å². The van der Waals surface area contributed by atoms with E-state index in [9.17, 15) is 18.0 Å². The molecule has 0 spiro atoms. The fourth-order valence-corrected chi connectivity index (χ4v) is 4.66. The molecule has 2 aromatic carbocycles. The van der Waals surface area contributed by atoms with E-state index in [4.69, 9.17) is 0 Å². The third kappa shape index (κ3) is 4.80. The number of sulfone groups is 1. The highest BCUT2D eigenvalue weighted by Crippen LogP contribution is 2.28. The number of fused-ring (bicyclic) bond motifs is 3. The van der Waals surface area contributed by atoms with Crippen LogP contribution in [-0.4, -0.2) is 54.7 Å². The third-order valence-corrected chi connectivity index (χ3v) is 6.59. The highest BCUT2D eigenvalue weighted by molar-refractivity contribution is 7.90. The molecule has 0 fully saturated rings. The van der Waals surface area contributed by atoms with E-state index in [1.807, 2.05) is 24.3 Å². The van der Waals surface area contributed by atoms with E-state index in [1.165, 1.54) is 0 Å². The van der Waals surface area contributed by atoms with Crippen molar-refractivity contribution in [2.24, 2.45) is 0 Å². The second-order valence-corrected chi connectivity index (χ2v) is 10.2. The highest BCUT2D eigenvalue weighted by atomic mass is 32.2. The van der Waals surface area contributed by atoms with Crippen molar-refractivity contribution in [3.8, 4) is 0 Å². The van der Waals surface area contributed by atoms with Crippen molar-refractivity contribution in [2.75, 3.05) is 18.6 Å². The summed E-state index contributed by atoms with van der Waals surface area (Å²) < 4.78 is 23.4. The Balaban J connectivity index is 1.55. The van der Waals surface area contributed by atoms with Crippen LogP contribution < -0.4 is 5.32 Å². The molecule has 1 aliphatic rings. The predicted octanol–water partition coefficient (Wildman–Crippen LogP) is 2.29. The lowest BCUT2D eigenvalue weighted by Crippen LogP contribution is -2.50. The first-order valence-electron chi connectivity index (χ1n) is 10.2. The Kier molecular flexibility index (Phi) is 5.82. The predicted molar refractivity (Wildman–Crippen MR) is 119 cm³/mol. The van der Waals surface area contributed by atoms with Crippen molar-refractivity contribution in [1.82, 2.24) is 15.2 Å². The first-order valence-corrected chi connectivity index (χ1v) is 12.3. The molecule has 2 N–H and O–H groups in total. The number of aromatic amines is 1. The van der Waals surface area contributed by atoms with Crippen LogP contribution in [0.15, 0.2) is 54.6 Å². The van der Waals surface area contributed by atoms with Gasteiger partial charge in [-0.1, -0.05) is 36.4 Å². The highest BCUT2D eigenvalue weighted by Gasteiger charge is 2.30. The summed E-state index contributed by atoms with van der Waals surface area (Å²) in [6.45, 7) is 0.935. The van der Waals surface area contributed by atoms with Crippen molar-refractivity contribution in [1.29, 1.82) is 0 Å². The van der Waals surface area contributed by atoms with Gasteiger partial charge in [0.1, 0.15) is 15.9 Å². The van der Waals surface area contributed by atoms with Crippen LogP contribution in [-0.2, 0) is 27.6 Å². The van der Waals surface area contributed by atoms with Gasteiger partial charge in [-0.2, -0.15) is 0 Å². The third-order valence-electron chi connectivity index (χ3n) is 5.61. The topological polar surface area (TPSA) is 99.3 Å². The van der Waals surface area contributed by atoms with E-state index in [1.54, 1.807) is 35.2 Å². The number of para-hydroxylation sites is 1. The van der Waals surface area contributed by atoms with Gasteiger partial charge in [0.25, 0.3) is 5.91 Å². The number of rotatable bonds is 6. The molecule has 2 heterocycles. The van der Waals surface area contributed by atoms with Crippen molar-refractivity contribution in [3.63, 3.8) is 0 Å². The second kappa shape index (κ2) is 8.55. The number of aromatic nitrogens is 1. The maximum absolute atomic E-state index is 13.4. The first-order chi connectivity index (χ1) is 14.8. The van der Waals surface area contributed by atoms with Gasteiger partial charge in [-0.15, -0.1) is 0 Å². The molecule has 8 heteroatoms. The van der Waals surface area contributed by atoms with E-state index in [2.05, 4.69) is 10.3 Å². The minimum atomic E-state index is -3.28. The molecule has 4 rings (SSSR count). The molecule has 1 aliphatic heterocycles.